The molecule has 0 aromatic carbocycles. The lowest BCUT2D eigenvalue weighted by atomic mass is 10.0. The summed E-state index contributed by atoms with van der Waals surface area (Å²) in [6.45, 7) is 3.07. The third-order valence-electron chi connectivity index (χ3n) is 3.56. The first kappa shape index (κ1) is 18.3. The molecule has 0 aliphatic heterocycles. The van der Waals surface area contributed by atoms with Crippen molar-refractivity contribution in [3.63, 3.8) is 0 Å². The minimum Gasteiger partial charge on any atom is -0.370 e. The average molecular weight is 269 g/mol. The van der Waals surface area contributed by atoms with Gasteiger partial charge in [-0.25, -0.2) is 0 Å². The molecule has 0 fully saturated rings. The molecule has 0 spiro atoms. The van der Waals surface area contributed by atoms with Crippen LogP contribution in [0.5, 0.6) is 0 Å². The molecule has 0 saturated carbocycles. The van der Waals surface area contributed by atoms with E-state index in [1.165, 1.54) is 77.0 Å². The van der Waals surface area contributed by atoms with E-state index in [0.717, 1.165) is 13.0 Å². The number of rotatable bonds is 14. The Morgan fingerprint density at radius 3 is 1.37 bits per heavy atom. The van der Waals surface area contributed by atoms with Crippen LogP contribution in [0.1, 0.15) is 90.4 Å². The van der Waals surface area contributed by atoms with Crippen molar-refractivity contribution in [2.45, 2.75) is 90.4 Å². The summed E-state index contributed by atoms with van der Waals surface area (Å²) in [5.41, 5.74) is 10.5. The summed E-state index contributed by atoms with van der Waals surface area (Å²) in [5, 5.41) is 0. The first-order valence-electron chi connectivity index (χ1n) is 8.32. The van der Waals surface area contributed by atoms with E-state index in [9.17, 15) is 0 Å². The molecule has 3 heteroatoms. The second-order valence-electron chi connectivity index (χ2n) is 5.55. The fourth-order valence-electron chi connectivity index (χ4n) is 2.34. The Labute approximate surface area is 120 Å². The number of unbranched alkanes of at least 4 members (excludes halogenated alkanes) is 12. The van der Waals surface area contributed by atoms with Crippen LogP contribution in [0.3, 0.4) is 0 Å². The Bertz CT molecular complexity index is 198. The molecular formula is C16H35N3. The summed E-state index contributed by atoms with van der Waals surface area (Å²) in [6.07, 6.45) is 17.9. The van der Waals surface area contributed by atoms with Gasteiger partial charge in [-0.15, -0.1) is 0 Å². The van der Waals surface area contributed by atoms with Gasteiger partial charge in [0.25, 0.3) is 0 Å². The highest BCUT2D eigenvalue weighted by Gasteiger charge is 1.93. The van der Waals surface area contributed by atoms with E-state index in [-0.39, 0.29) is 5.96 Å². The van der Waals surface area contributed by atoms with Crippen LogP contribution < -0.4 is 11.5 Å². The van der Waals surface area contributed by atoms with E-state index in [1.807, 2.05) is 0 Å². The Morgan fingerprint density at radius 2 is 1.00 bits per heavy atom. The Morgan fingerprint density at radius 1 is 0.632 bits per heavy atom. The molecule has 4 N–H and O–H groups in total. The Balaban J connectivity index is 2.97. The number of nitrogens with two attached hydrogens (primary N) is 2. The Hall–Kier alpha value is -0.730. The largest absolute Gasteiger partial charge is 0.370 e. The minimum absolute atomic E-state index is 0.221. The monoisotopic (exact) mass is 269 g/mol. The van der Waals surface area contributed by atoms with E-state index in [2.05, 4.69) is 11.9 Å². The molecule has 0 rings (SSSR count). The molecule has 3 nitrogen and oxygen atoms in total. The molecule has 0 unspecified atom stereocenters. The summed E-state index contributed by atoms with van der Waals surface area (Å²) < 4.78 is 0. The molecule has 0 amide bonds. The summed E-state index contributed by atoms with van der Waals surface area (Å²) in [7, 11) is 0. The zero-order valence-electron chi connectivity index (χ0n) is 13.0. The summed E-state index contributed by atoms with van der Waals surface area (Å²) in [5.74, 6) is 0.221. The number of aliphatic imine (C=N–C) groups is 1. The van der Waals surface area contributed by atoms with Crippen molar-refractivity contribution in [3.8, 4) is 0 Å². The maximum Gasteiger partial charge on any atom is 0.185 e. The van der Waals surface area contributed by atoms with Gasteiger partial charge in [-0.3, -0.25) is 4.99 Å². The van der Waals surface area contributed by atoms with Crippen LogP contribution in [0.25, 0.3) is 0 Å². The molecule has 0 aromatic heterocycles. The molecular weight excluding hydrogens is 234 g/mol. The van der Waals surface area contributed by atoms with Crippen LogP contribution in [-0.2, 0) is 0 Å². The molecule has 114 valence electrons. The van der Waals surface area contributed by atoms with Crippen molar-refractivity contribution in [3.05, 3.63) is 0 Å². The first-order valence-corrected chi connectivity index (χ1v) is 8.32. The molecule has 0 radical (unpaired) electrons. The van der Waals surface area contributed by atoms with Crippen LogP contribution in [0, 0.1) is 0 Å². The maximum atomic E-state index is 5.27. The third-order valence-corrected chi connectivity index (χ3v) is 3.56. The zero-order chi connectivity index (χ0) is 14.2. The smallest absolute Gasteiger partial charge is 0.185 e. The molecule has 0 aliphatic carbocycles. The van der Waals surface area contributed by atoms with Crippen molar-refractivity contribution >= 4 is 5.96 Å². The molecule has 0 aliphatic rings. The summed E-state index contributed by atoms with van der Waals surface area (Å²) in [6, 6.07) is 0. The summed E-state index contributed by atoms with van der Waals surface area (Å²) >= 11 is 0. The highest BCUT2D eigenvalue weighted by molar-refractivity contribution is 5.75. The van der Waals surface area contributed by atoms with Crippen LogP contribution in [0.4, 0.5) is 0 Å². The van der Waals surface area contributed by atoms with Crippen LogP contribution in [0.15, 0.2) is 4.99 Å². The van der Waals surface area contributed by atoms with Gasteiger partial charge in [0, 0.05) is 6.54 Å². The SMILES string of the molecule is CCCCCCCCCCCCCCCN=C(N)N. The first-order chi connectivity index (χ1) is 9.27. The van der Waals surface area contributed by atoms with Crippen molar-refractivity contribution in [2.24, 2.45) is 16.5 Å². The predicted molar refractivity (Wildman–Crippen MR) is 86.4 cm³/mol. The highest BCUT2D eigenvalue weighted by Crippen LogP contribution is 2.12. The number of nitrogens with zero attached hydrogens (tertiary/aromatic N) is 1. The predicted octanol–water partition coefficient (Wildman–Crippen LogP) is 4.35. The molecule has 19 heavy (non-hydrogen) atoms. The van der Waals surface area contributed by atoms with Crippen molar-refractivity contribution in [1.82, 2.24) is 0 Å². The molecule has 0 atom stereocenters. The maximum absolute atomic E-state index is 5.27. The number of hydrogen-bond acceptors (Lipinski definition) is 1. The van der Waals surface area contributed by atoms with Gasteiger partial charge < -0.3 is 11.5 Å². The van der Waals surface area contributed by atoms with E-state index in [0.29, 0.717) is 0 Å². The number of hydrogen-bond donors (Lipinski definition) is 2. The Kier molecular flexibility index (Phi) is 14.7. The van der Waals surface area contributed by atoms with Crippen molar-refractivity contribution < 1.29 is 0 Å². The van der Waals surface area contributed by atoms with Gasteiger partial charge in [-0.05, 0) is 6.42 Å². The third kappa shape index (κ3) is 17.3. The number of guanidine groups is 1. The van der Waals surface area contributed by atoms with Crippen molar-refractivity contribution in [2.75, 3.05) is 6.54 Å². The second kappa shape index (κ2) is 15.3. The lowest BCUT2D eigenvalue weighted by molar-refractivity contribution is 0.540. The normalized spacial score (nSPS) is 10.6. The van der Waals surface area contributed by atoms with Crippen molar-refractivity contribution in [1.29, 1.82) is 0 Å². The topological polar surface area (TPSA) is 64.4 Å². The average Bonchev–Trinajstić information content (AvgIpc) is 2.39. The van der Waals surface area contributed by atoms with Crippen LogP contribution in [0.2, 0.25) is 0 Å². The van der Waals surface area contributed by atoms with Gasteiger partial charge in [-0.1, -0.05) is 84.0 Å². The molecule has 0 saturated heterocycles. The van der Waals surface area contributed by atoms with Crippen LogP contribution in [-0.4, -0.2) is 12.5 Å². The quantitative estimate of drug-likeness (QED) is 0.280. The highest BCUT2D eigenvalue weighted by atomic mass is 15.0. The van der Waals surface area contributed by atoms with Gasteiger partial charge >= 0.3 is 0 Å². The van der Waals surface area contributed by atoms with Crippen LogP contribution >= 0.6 is 0 Å². The summed E-state index contributed by atoms with van der Waals surface area (Å²) in [4.78, 5) is 3.99. The van der Waals surface area contributed by atoms with E-state index < -0.39 is 0 Å². The molecule has 0 aromatic rings. The molecule has 0 heterocycles. The second-order valence-corrected chi connectivity index (χ2v) is 5.55. The van der Waals surface area contributed by atoms with Gasteiger partial charge in [0.05, 0.1) is 0 Å². The zero-order valence-corrected chi connectivity index (χ0v) is 13.0. The lowest BCUT2D eigenvalue weighted by Gasteiger charge is -2.02. The lowest BCUT2D eigenvalue weighted by Crippen LogP contribution is -2.22. The van der Waals surface area contributed by atoms with Gasteiger partial charge in [0.15, 0.2) is 5.96 Å². The fraction of sp³-hybridized carbons (Fsp3) is 0.938. The minimum atomic E-state index is 0.221. The molecule has 0 bridgehead atoms. The van der Waals surface area contributed by atoms with E-state index in [4.69, 9.17) is 11.5 Å². The van der Waals surface area contributed by atoms with E-state index in [1.54, 1.807) is 0 Å². The van der Waals surface area contributed by atoms with E-state index >= 15 is 0 Å². The fourth-order valence-corrected chi connectivity index (χ4v) is 2.34. The van der Waals surface area contributed by atoms with Gasteiger partial charge in [0.1, 0.15) is 0 Å². The van der Waals surface area contributed by atoms with Gasteiger partial charge in [0.2, 0.25) is 0 Å². The van der Waals surface area contributed by atoms with Gasteiger partial charge in [-0.2, -0.15) is 0 Å². The standard InChI is InChI=1S/C16H35N3/c1-2-3-4-5-6-7-8-9-10-11-12-13-14-15-19-16(17)18/h2-15H2,1H3,(H4,17,18,19).